The summed E-state index contributed by atoms with van der Waals surface area (Å²) in [7, 11) is 1.28. The Morgan fingerprint density at radius 1 is 1.19 bits per heavy atom. The minimum Gasteiger partial charge on any atom is -0.490 e. The van der Waals surface area contributed by atoms with Crippen molar-refractivity contribution in [2.45, 2.75) is 5.38 Å². The van der Waals surface area contributed by atoms with Crippen molar-refractivity contribution in [1.82, 2.24) is 0 Å². The Morgan fingerprint density at radius 2 is 1.86 bits per heavy atom. The Labute approximate surface area is 126 Å². The van der Waals surface area contributed by atoms with Gasteiger partial charge in [-0.3, -0.25) is 14.9 Å². The number of alkyl halides is 1. The van der Waals surface area contributed by atoms with Crippen LogP contribution in [-0.2, 0) is 0 Å². The van der Waals surface area contributed by atoms with E-state index in [9.17, 15) is 14.9 Å². The van der Waals surface area contributed by atoms with Gasteiger partial charge >= 0.3 is 5.69 Å². The molecule has 0 radical (unpaired) electrons. The molecule has 2 aromatic rings. The third-order valence-electron chi connectivity index (χ3n) is 2.98. The van der Waals surface area contributed by atoms with Gasteiger partial charge < -0.3 is 4.74 Å². The highest BCUT2D eigenvalue weighted by atomic mass is 35.5. The van der Waals surface area contributed by atoms with Crippen LogP contribution in [0.1, 0.15) is 21.3 Å². The molecule has 21 heavy (non-hydrogen) atoms. The first kappa shape index (κ1) is 15.0. The lowest BCUT2D eigenvalue weighted by molar-refractivity contribution is -0.385. The van der Waals surface area contributed by atoms with E-state index in [0.717, 1.165) is 0 Å². The predicted octanol–water partition coefficient (Wildman–Crippen LogP) is 3.77. The molecule has 0 saturated carbocycles. The number of hydrogen-bond donors (Lipinski definition) is 0. The molecule has 1 atom stereocenters. The number of ether oxygens (including phenoxy) is 1. The van der Waals surface area contributed by atoms with Gasteiger partial charge in [0, 0.05) is 6.07 Å². The van der Waals surface area contributed by atoms with Crippen LogP contribution in [0, 0.1) is 10.1 Å². The number of nitro benzene ring substituents is 1. The maximum atomic E-state index is 12.5. The lowest BCUT2D eigenvalue weighted by atomic mass is 10.0. The van der Waals surface area contributed by atoms with Gasteiger partial charge in [0.15, 0.2) is 5.78 Å². The van der Waals surface area contributed by atoms with E-state index in [1.54, 1.807) is 24.3 Å². The van der Waals surface area contributed by atoms with E-state index < -0.39 is 16.1 Å². The average molecular weight is 306 g/mol. The van der Waals surface area contributed by atoms with Crippen molar-refractivity contribution in [1.29, 1.82) is 0 Å². The number of benzene rings is 2. The molecule has 2 aromatic carbocycles. The number of ketones is 1. The molecular weight excluding hydrogens is 294 g/mol. The second-order valence-corrected chi connectivity index (χ2v) is 4.69. The fourth-order valence-corrected chi connectivity index (χ4v) is 2.25. The quantitative estimate of drug-likeness (QED) is 0.365. The number of Topliss-reactive ketones (excluding diaryl/α,β-unsaturated/α-hetero) is 1. The normalized spacial score (nSPS) is 11.7. The zero-order valence-corrected chi connectivity index (χ0v) is 11.9. The van der Waals surface area contributed by atoms with Crippen molar-refractivity contribution in [3.05, 3.63) is 69.8 Å². The van der Waals surface area contributed by atoms with Crippen LogP contribution in [-0.4, -0.2) is 17.8 Å². The molecule has 0 fully saturated rings. The van der Waals surface area contributed by atoms with Gasteiger partial charge in [-0.05, 0) is 11.6 Å². The Bertz CT molecular complexity index is 673. The highest BCUT2D eigenvalue weighted by Crippen LogP contribution is 2.35. The molecule has 0 aliphatic heterocycles. The number of methoxy groups -OCH3 is 1. The van der Waals surface area contributed by atoms with Gasteiger partial charge in [0.1, 0.15) is 5.38 Å². The van der Waals surface area contributed by atoms with Crippen molar-refractivity contribution in [3.63, 3.8) is 0 Å². The van der Waals surface area contributed by atoms with E-state index in [2.05, 4.69) is 0 Å². The second-order valence-electron chi connectivity index (χ2n) is 4.25. The van der Waals surface area contributed by atoms with Crippen LogP contribution in [0.25, 0.3) is 0 Å². The monoisotopic (exact) mass is 305 g/mol. The molecule has 0 spiro atoms. The van der Waals surface area contributed by atoms with Crippen molar-refractivity contribution in [2.24, 2.45) is 0 Å². The van der Waals surface area contributed by atoms with Crippen molar-refractivity contribution in [2.75, 3.05) is 7.11 Å². The smallest absolute Gasteiger partial charge is 0.311 e. The van der Waals surface area contributed by atoms with Crippen LogP contribution in [0.3, 0.4) is 0 Å². The highest BCUT2D eigenvalue weighted by Gasteiger charge is 2.27. The number of para-hydroxylation sites is 1. The molecular formula is C15H12ClNO4. The summed E-state index contributed by atoms with van der Waals surface area (Å²) in [4.78, 5) is 22.8. The summed E-state index contributed by atoms with van der Waals surface area (Å²) in [5.41, 5.74) is 0.452. The largest absolute Gasteiger partial charge is 0.490 e. The van der Waals surface area contributed by atoms with E-state index >= 15 is 0 Å². The van der Waals surface area contributed by atoms with Crippen LogP contribution in [0.4, 0.5) is 5.69 Å². The number of rotatable bonds is 5. The Hall–Kier alpha value is -2.40. The summed E-state index contributed by atoms with van der Waals surface area (Å²) < 4.78 is 5.02. The number of halogens is 1. The van der Waals surface area contributed by atoms with E-state index in [1.807, 2.05) is 6.07 Å². The lowest BCUT2D eigenvalue weighted by Gasteiger charge is -2.12. The Balaban J connectivity index is 2.44. The zero-order valence-electron chi connectivity index (χ0n) is 11.2. The maximum absolute atomic E-state index is 12.5. The first-order valence-electron chi connectivity index (χ1n) is 6.11. The highest BCUT2D eigenvalue weighted by molar-refractivity contribution is 6.34. The first-order valence-corrected chi connectivity index (χ1v) is 6.54. The Morgan fingerprint density at radius 3 is 2.43 bits per heavy atom. The number of carbonyl (C=O) groups excluding carboxylic acids is 1. The second kappa shape index (κ2) is 6.37. The fraction of sp³-hybridized carbons (Fsp3) is 0.133. The van der Waals surface area contributed by atoms with Gasteiger partial charge in [-0.2, -0.15) is 0 Å². The topological polar surface area (TPSA) is 69.4 Å². The van der Waals surface area contributed by atoms with Crippen LogP contribution >= 0.6 is 11.6 Å². The molecule has 0 N–H and O–H groups in total. The van der Waals surface area contributed by atoms with Crippen LogP contribution in [0.5, 0.6) is 5.75 Å². The average Bonchev–Trinajstić information content (AvgIpc) is 2.53. The van der Waals surface area contributed by atoms with Crippen LogP contribution < -0.4 is 4.74 Å². The summed E-state index contributed by atoms with van der Waals surface area (Å²) >= 11 is 6.18. The van der Waals surface area contributed by atoms with Crippen LogP contribution in [0.2, 0.25) is 0 Å². The van der Waals surface area contributed by atoms with Gasteiger partial charge in [-0.15, -0.1) is 11.6 Å². The molecule has 5 nitrogen and oxygen atoms in total. The number of nitrogens with zero attached hydrogens (tertiary/aromatic N) is 1. The molecule has 6 heteroatoms. The molecule has 2 rings (SSSR count). The Kier molecular flexibility index (Phi) is 4.55. The minimum atomic E-state index is -0.929. The van der Waals surface area contributed by atoms with Gasteiger partial charge in [0.2, 0.25) is 5.75 Å². The van der Waals surface area contributed by atoms with E-state index in [-0.39, 0.29) is 17.0 Å². The molecule has 0 heterocycles. The molecule has 0 amide bonds. The van der Waals surface area contributed by atoms with E-state index in [0.29, 0.717) is 5.56 Å². The van der Waals surface area contributed by atoms with Crippen molar-refractivity contribution >= 4 is 23.1 Å². The summed E-state index contributed by atoms with van der Waals surface area (Å²) in [6.07, 6.45) is 0. The molecule has 0 saturated heterocycles. The van der Waals surface area contributed by atoms with Gasteiger partial charge in [-0.1, -0.05) is 36.4 Å². The van der Waals surface area contributed by atoms with Gasteiger partial charge in [-0.25, -0.2) is 0 Å². The minimum absolute atomic E-state index is 0.0749. The molecule has 0 aliphatic rings. The molecule has 0 aliphatic carbocycles. The summed E-state index contributed by atoms with van der Waals surface area (Å²) in [5.74, 6) is -0.516. The molecule has 0 aromatic heterocycles. The summed E-state index contributed by atoms with van der Waals surface area (Å²) in [5, 5.41) is 10.0. The first-order chi connectivity index (χ1) is 10.1. The molecule has 108 valence electrons. The SMILES string of the molecule is COc1c(C(=O)C(Cl)c2ccccc2)cccc1[N+](=O)[O-]. The molecule has 1 unspecified atom stereocenters. The number of nitro groups is 1. The standard InChI is InChI=1S/C15H12ClNO4/c1-21-15-11(8-5-9-12(15)17(19)20)14(18)13(16)10-6-3-2-4-7-10/h2-9,13H,1H3. The third kappa shape index (κ3) is 3.03. The van der Waals surface area contributed by atoms with E-state index in [1.165, 1.54) is 25.3 Å². The molecule has 0 bridgehead atoms. The summed E-state index contributed by atoms with van der Waals surface area (Å²) in [6, 6.07) is 13.0. The zero-order chi connectivity index (χ0) is 15.4. The maximum Gasteiger partial charge on any atom is 0.311 e. The van der Waals surface area contributed by atoms with Gasteiger partial charge in [0.25, 0.3) is 0 Å². The van der Waals surface area contributed by atoms with Gasteiger partial charge in [0.05, 0.1) is 17.6 Å². The number of carbonyl (C=O) groups is 1. The third-order valence-corrected chi connectivity index (χ3v) is 3.43. The fourth-order valence-electron chi connectivity index (χ4n) is 1.99. The van der Waals surface area contributed by atoms with Crippen LogP contribution in [0.15, 0.2) is 48.5 Å². The lowest BCUT2D eigenvalue weighted by Crippen LogP contribution is -2.10. The predicted molar refractivity (Wildman–Crippen MR) is 79.0 cm³/mol. The summed E-state index contributed by atoms with van der Waals surface area (Å²) in [6.45, 7) is 0. The van der Waals surface area contributed by atoms with Crippen molar-refractivity contribution < 1.29 is 14.5 Å². The van der Waals surface area contributed by atoms with E-state index in [4.69, 9.17) is 16.3 Å². The number of hydrogen-bond acceptors (Lipinski definition) is 4. The van der Waals surface area contributed by atoms with Crippen molar-refractivity contribution in [3.8, 4) is 5.75 Å².